The van der Waals surface area contributed by atoms with E-state index in [0.717, 1.165) is 11.1 Å². The van der Waals surface area contributed by atoms with Gasteiger partial charge in [0.05, 0.1) is 31.9 Å². The monoisotopic (exact) mass is 671 g/mol. The zero-order valence-electron chi connectivity index (χ0n) is 26.6. The molecule has 12 heteroatoms. The number of rotatable bonds is 15. The van der Waals surface area contributed by atoms with Crippen LogP contribution >= 0.6 is 11.6 Å². The van der Waals surface area contributed by atoms with Gasteiger partial charge in [0.15, 0.2) is 28.7 Å². The first kappa shape index (κ1) is 33.8. The summed E-state index contributed by atoms with van der Waals surface area (Å²) in [7, 11) is 4.34. The number of halogens is 1. The zero-order chi connectivity index (χ0) is 34.0. The lowest BCUT2D eigenvalue weighted by molar-refractivity contribution is 0.0977. The van der Waals surface area contributed by atoms with Crippen LogP contribution < -0.4 is 34.7 Å². The summed E-state index contributed by atoms with van der Waals surface area (Å²) >= 11 is 6.75. The fraction of sp³-hybridized carbons (Fsp3) is 0.194. The van der Waals surface area contributed by atoms with Gasteiger partial charge in [0.2, 0.25) is 5.75 Å². The first-order valence-corrected chi connectivity index (χ1v) is 15.3. The van der Waals surface area contributed by atoms with E-state index in [1.165, 1.54) is 33.5 Å². The molecule has 0 atom stereocenters. The Labute approximate surface area is 282 Å². The Morgan fingerprint density at radius 2 is 1.38 bits per heavy atom. The molecule has 0 saturated carbocycles. The highest BCUT2D eigenvalue weighted by Crippen LogP contribution is 2.44. The number of amides is 1. The fourth-order valence-corrected chi connectivity index (χ4v) is 5.06. The van der Waals surface area contributed by atoms with Crippen molar-refractivity contribution in [2.45, 2.75) is 19.6 Å². The summed E-state index contributed by atoms with van der Waals surface area (Å²) in [6.07, 6.45) is -0.0383. The van der Waals surface area contributed by atoms with Crippen LogP contribution in [0.25, 0.3) is 11.3 Å². The standard InChI is InChI=1S/C36H34ClN3O8/c1-43-30-16-24(17-31(44-2)35(30)45-3)36(42)39-33-32(27(41)14-15-38)40-48-34(33)25-18-26(37)29(47-21-23-12-8-5-9-13-23)19-28(25)46-20-22-10-6-4-7-11-22/h4-13,16-19H,14-15,20-21,38H2,1-3H3,(H,39,42). The van der Waals surface area contributed by atoms with Crippen LogP contribution in [0.15, 0.2) is 89.5 Å². The highest BCUT2D eigenvalue weighted by molar-refractivity contribution is 6.32. The Balaban J connectivity index is 1.58. The number of ether oxygens (including phenoxy) is 5. The van der Waals surface area contributed by atoms with Gasteiger partial charge in [-0.3, -0.25) is 9.59 Å². The molecule has 0 aliphatic carbocycles. The van der Waals surface area contributed by atoms with Gasteiger partial charge in [-0.15, -0.1) is 0 Å². The van der Waals surface area contributed by atoms with Gasteiger partial charge in [0.25, 0.3) is 5.91 Å². The first-order chi connectivity index (χ1) is 23.4. The average Bonchev–Trinajstić information content (AvgIpc) is 3.53. The van der Waals surface area contributed by atoms with Gasteiger partial charge in [-0.25, -0.2) is 0 Å². The van der Waals surface area contributed by atoms with Crippen LogP contribution in [-0.2, 0) is 13.2 Å². The normalized spacial score (nSPS) is 10.7. The van der Waals surface area contributed by atoms with Crippen molar-refractivity contribution < 1.29 is 37.8 Å². The number of nitrogens with two attached hydrogens (primary N) is 1. The summed E-state index contributed by atoms with van der Waals surface area (Å²) < 4.78 is 34.3. The van der Waals surface area contributed by atoms with Gasteiger partial charge in [0.1, 0.15) is 30.4 Å². The summed E-state index contributed by atoms with van der Waals surface area (Å²) in [6, 6.07) is 25.4. The van der Waals surface area contributed by atoms with Crippen molar-refractivity contribution in [2.24, 2.45) is 5.73 Å². The highest BCUT2D eigenvalue weighted by atomic mass is 35.5. The number of carbonyl (C=O) groups is 2. The Hall–Kier alpha value is -5.52. The number of aromatic nitrogens is 1. The number of benzene rings is 4. The predicted molar refractivity (Wildman–Crippen MR) is 181 cm³/mol. The van der Waals surface area contributed by atoms with Crippen molar-refractivity contribution in [3.05, 3.63) is 112 Å². The van der Waals surface area contributed by atoms with Gasteiger partial charge in [-0.1, -0.05) is 77.4 Å². The molecule has 5 aromatic rings. The Bertz CT molecular complexity index is 1850. The summed E-state index contributed by atoms with van der Waals surface area (Å²) in [4.78, 5) is 26.9. The van der Waals surface area contributed by atoms with E-state index >= 15 is 0 Å². The molecular formula is C36H34ClN3O8. The lowest BCUT2D eigenvalue weighted by Gasteiger charge is -2.16. The maximum Gasteiger partial charge on any atom is 0.256 e. The molecule has 248 valence electrons. The molecule has 1 amide bonds. The van der Waals surface area contributed by atoms with E-state index in [2.05, 4.69) is 10.5 Å². The smallest absolute Gasteiger partial charge is 0.256 e. The molecule has 0 fully saturated rings. The average molecular weight is 672 g/mol. The minimum Gasteiger partial charge on any atom is -0.493 e. The van der Waals surface area contributed by atoms with E-state index in [-0.39, 0.29) is 65.4 Å². The molecule has 1 heterocycles. The van der Waals surface area contributed by atoms with Gasteiger partial charge < -0.3 is 39.3 Å². The second-order valence-electron chi connectivity index (χ2n) is 10.4. The Morgan fingerprint density at radius 3 is 1.92 bits per heavy atom. The van der Waals surface area contributed by atoms with Crippen LogP contribution in [-0.4, -0.2) is 44.7 Å². The van der Waals surface area contributed by atoms with Gasteiger partial charge in [0, 0.05) is 18.1 Å². The second kappa shape index (κ2) is 15.9. The van der Waals surface area contributed by atoms with Crippen molar-refractivity contribution in [3.63, 3.8) is 0 Å². The number of methoxy groups -OCH3 is 3. The third-order valence-electron chi connectivity index (χ3n) is 7.25. The molecule has 0 aliphatic rings. The summed E-state index contributed by atoms with van der Waals surface area (Å²) in [5.74, 6) is 0.497. The third-order valence-corrected chi connectivity index (χ3v) is 7.54. The number of ketones is 1. The molecule has 1 aromatic heterocycles. The van der Waals surface area contributed by atoms with Crippen LogP contribution in [0.4, 0.5) is 5.69 Å². The quantitative estimate of drug-likeness (QED) is 0.112. The Morgan fingerprint density at radius 1 is 0.792 bits per heavy atom. The number of hydrogen-bond acceptors (Lipinski definition) is 10. The van der Waals surface area contributed by atoms with E-state index in [1.807, 2.05) is 60.7 Å². The zero-order valence-corrected chi connectivity index (χ0v) is 27.3. The minimum absolute atomic E-state index is 0.00536. The largest absolute Gasteiger partial charge is 0.493 e. The maximum atomic E-state index is 13.8. The maximum absolute atomic E-state index is 13.8. The molecule has 0 saturated heterocycles. The molecule has 5 rings (SSSR count). The van der Waals surface area contributed by atoms with E-state index in [9.17, 15) is 9.59 Å². The summed E-state index contributed by atoms with van der Waals surface area (Å²) in [6.45, 7) is 0.508. The number of nitrogens with one attached hydrogen (secondary N) is 1. The minimum atomic E-state index is -0.610. The van der Waals surface area contributed by atoms with E-state index in [0.29, 0.717) is 22.8 Å². The van der Waals surface area contributed by atoms with Crippen LogP contribution in [0, 0.1) is 0 Å². The van der Waals surface area contributed by atoms with E-state index in [4.69, 9.17) is 45.5 Å². The molecule has 48 heavy (non-hydrogen) atoms. The Kier molecular flexibility index (Phi) is 11.2. The van der Waals surface area contributed by atoms with Gasteiger partial charge in [-0.05, 0) is 35.9 Å². The molecule has 0 spiro atoms. The number of hydrogen-bond donors (Lipinski definition) is 2. The molecule has 11 nitrogen and oxygen atoms in total. The molecule has 0 aliphatic heterocycles. The molecule has 0 radical (unpaired) electrons. The van der Waals surface area contributed by atoms with Crippen molar-refractivity contribution in [1.29, 1.82) is 0 Å². The van der Waals surface area contributed by atoms with Gasteiger partial charge in [-0.2, -0.15) is 0 Å². The summed E-state index contributed by atoms with van der Waals surface area (Å²) in [5, 5.41) is 7.08. The lowest BCUT2D eigenvalue weighted by atomic mass is 10.1. The highest BCUT2D eigenvalue weighted by Gasteiger charge is 2.28. The van der Waals surface area contributed by atoms with Crippen LogP contribution in [0.3, 0.4) is 0 Å². The molecule has 3 N–H and O–H groups in total. The number of nitrogens with zero attached hydrogens (tertiary/aromatic N) is 1. The second-order valence-corrected chi connectivity index (χ2v) is 10.8. The molecular weight excluding hydrogens is 638 g/mol. The molecule has 4 aromatic carbocycles. The number of Topliss-reactive ketones (excluding diaryl/α,β-unsaturated/α-hetero) is 1. The van der Waals surface area contributed by atoms with Crippen LogP contribution in [0.5, 0.6) is 28.7 Å². The predicted octanol–water partition coefficient (Wildman–Crippen LogP) is 6.96. The van der Waals surface area contributed by atoms with E-state index in [1.54, 1.807) is 12.1 Å². The van der Waals surface area contributed by atoms with Crippen molar-refractivity contribution in [1.82, 2.24) is 5.16 Å². The van der Waals surface area contributed by atoms with Crippen molar-refractivity contribution in [3.8, 4) is 40.1 Å². The third kappa shape index (κ3) is 7.71. The lowest BCUT2D eigenvalue weighted by Crippen LogP contribution is -2.16. The van der Waals surface area contributed by atoms with E-state index < -0.39 is 11.7 Å². The SMILES string of the molecule is COc1cc(C(=O)Nc2c(C(=O)CCN)noc2-c2cc(Cl)c(OCc3ccccc3)cc2OCc2ccccc2)cc(OC)c1OC. The van der Waals surface area contributed by atoms with Crippen molar-refractivity contribution in [2.75, 3.05) is 33.2 Å². The number of anilines is 1. The topological polar surface area (TPSA) is 144 Å². The molecule has 0 unspecified atom stereocenters. The fourth-order valence-electron chi connectivity index (χ4n) is 4.84. The van der Waals surface area contributed by atoms with Crippen LogP contribution in [0.2, 0.25) is 5.02 Å². The van der Waals surface area contributed by atoms with Crippen molar-refractivity contribution >= 4 is 29.0 Å². The number of carbonyl (C=O) groups excluding carboxylic acids is 2. The molecule has 0 bridgehead atoms. The van der Waals surface area contributed by atoms with Crippen LogP contribution in [0.1, 0.15) is 38.4 Å². The van der Waals surface area contributed by atoms with Gasteiger partial charge >= 0.3 is 0 Å². The first-order valence-electron chi connectivity index (χ1n) is 14.9. The summed E-state index contributed by atoms with van der Waals surface area (Å²) in [5.41, 5.74) is 7.89.